The number of hydrogen-bond donors (Lipinski definition) is 0. The maximum atomic E-state index is 11.9. The Bertz CT molecular complexity index is 428. The summed E-state index contributed by atoms with van der Waals surface area (Å²) in [6.45, 7) is 0. The Kier molecular flexibility index (Phi) is 2.69. The van der Waals surface area contributed by atoms with Gasteiger partial charge in [0.15, 0.2) is 9.84 Å². The molecular formula is C12H18O4S. The third-order valence-electron chi connectivity index (χ3n) is 4.51. The number of sulfone groups is 1. The Morgan fingerprint density at radius 3 is 2.47 bits per heavy atom. The third-order valence-corrected chi connectivity index (χ3v) is 6.27. The molecule has 5 heteroatoms. The molecule has 0 aromatic carbocycles. The fourth-order valence-corrected chi connectivity index (χ4v) is 5.28. The number of carbonyl (C=O) groups excluding carboxylic acids is 1. The molecule has 0 spiro atoms. The van der Waals surface area contributed by atoms with Gasteiger partial charge in [0, 0.05) is 0 Å². The SMILES string of the molecule is O=C(O[C@H]1C[C@H]2CC[C@H]1C2)[C@@H]1CCS(=O)(=O)C1. The van der Waals surface area contributed by atoms with Gasteiger partial charge in [0.25, 0.3) is 0 Å². The number of carbonyl (C=O) groups is 1. The van der Waals surface area contributed by atoms with Crippen molar-refractivity contribution in [1.29, 1.82) is 0 Å². The quantitative estimate of drug-likeness (QED) is 0.697. The zero-order valence-corrected chi connectivity index (χ0v) is 10.6. The summed E-state index contributed by atoms with van der Waals surface area (Å²) in [5.41, 5.74) is 0. The zero-order valence-electron chi connectivity index (χ0n) is 9.80. The first kappa shape index (κ1) is 11.5. The fourth-order valence-electron chi connectivity index (χ4n) is 3.56. The molecule has 2 bridgehead atoms. The summed E-state index contributed by atoms with van der Waals surface area (Å²) in [5.74, 6) is 0.741. The highest BCUT2D eigenvalue weighted by Crippen LogP contribution is 2.46. The zero-order chi connectivity index (χ0) is 12.0. The molecule has 96 valence electrons. The van der Waals surface area contributed by atoms with Crippen LogP contribution in [0.4, 0.5) is 0 Å². The van der Waals surface area contributed by atoms with Crippen molar-refractivity contribution in [3.8, 4) is 0 Å². The van der Waals surface area contributed by atoms with Crippen LogP contribution in [0.3, 0.4) is 0 Å². The van der Waals surface area contributed by atoms with Gasteiger partial charge in [-0.2, -0.15) is 0 Å². The largest absolute Gasteiger partial charge is 0.462 e. The van der Waals surface area contributed by atoms with Crippen molar-refractivity contribution in [3.63, 3.8) is 0 Å². The molecule has 0 unspecified atom stereocenters. The molecule has 0 radical (unpaired) electrons. The van der Waals surface area contributed by atoms with Gasteiger partial charge in [-0.05, 0) is 43.9 Å². The van der Waals surface area contributed by atoms with E-state index in [1.807, 2.05) is 0 Å². The van der Waals surface area contributed by atoms with E-state index in [1.54, 1.807) is 0 Å². The predicted octanol–water partition coefficient (Wildman–Crippen LogP) is 1.15. The van der Waals surface area contributed by atoms with E-state index in [2.05, 4.69) is 0 Å². The van der Waals surface area contributed by atoms with Gasteiger partial charge in [0.1, 0.15) is 6.10 Å². The number of ether oxygens (including phenoxy) is 1. The molecule has 3 rings (SSSR count). The molecule has 2 aliphatic carbocycles. The minimum Gasteiger partial charge on any atom is -0.462 e. The Morgan fingerprint density at radius 2 is 1.94 bits per heavy atom. The normalized spacial score (nSPS) is 42.8. The van der Waals surface area contributed by atoms with Crippen molar-refractivity contribution < 1.29 is 17.9 Å². The summed E-state index contributed by atoms with van der Waals surface area (Å²) < 4.78 is 28.1. The molecule has 2 saturated carbocycles. The lowest BCUT2D eigenvalue weighted by Crippen LogP contribution is -2.28. The summed E-state index contributed by atoms with van der Waals surface area (Å²) in [5, 5.41) is 0. The molecule has 17 heavy (non-hydrogen) atoms. The number of esters is 1. The second kappa shape index (κ2) is 3.97. The van der Waals surface area contributed by atoms with Crippen LogP contribution >= 0.6 is 0 Å². The van der Waals surface area contributed by atoms with Crippen LogP contribution in [0.15, 0.2) is 0 Å². The Hall–Kier alpha value is -0.580. The highest BCUT2D eigenvalue weighted by Gasteiger charge is 2.43. The van der Waals surface area contributed by atoms with Crippen molar-refractivity contribution in [2.45, 2.75) is 38.2 Å². The Morgan fingerprint density at radius 1 is 1.12 bits per heavy atom. The molecule has 3 fully saturated rings. The topological polar surface area (TPSA) is 60.4 Å². The van der Waals surface area contributed by atoms with Gasteiger partial charge in [0.05, 0.1) is 17.4 Å². The van der Waals surface area contributed by atoms with Gasteiger partial charge in [-0.15, -0.1) is 0 Å². The van der Waals surface area contributed by atoms with Crippen molar-refractivity contribution in [2.24, 2.45) is 17.8 Å². The molecule has 1 aliphatic heterocycles. The Labute approximate surface area is 102 Å². The van der Waals surface area contributed by atoms with E-state index >= 15 is 0 Å². The first-order chi connectivity index (χ1) is 8.03. The summed E-state index contributed by atoms with van der Waals surface area (Å²) in [6, 6.07) is 0. The molecule has 0 aromatic rings. The average molecular weight is 258 g/mol. The van der Waals surface area contributed by atoms with E-state index in [1.165, 1.54) is 19.3 Å². The van der Waals surface area contributed by atoms with E-state index in [0.717, 1.165) is 12.3 Å². The van der Waals surface area contributed by atoms with E-state index in [0.29, 0.717) is 12.3 Å². The first-order valence-corrected chi connectivity index (χ1v) is 8.26. The molecule has 3 aliphatic rings. The van der Waals surface area contributed by atoms with Crippen LogP contribution in [-0.2, 0) is 19.4 Å². The first-order valence-electron chi connectivity index (χ1n) is 6.44. The van der Waals surface area contributed by atoms with Gasteiger partial charge >= 0.3 is 5.97 Å². The van der Waals surface area contributed by atoms with E-state index in [9.17, 15) is 13.2 Å². The van der Waals surface area contributed by atoms with Crippen molar-refractivity contribution in [3.05, 3.63) is 0 Å². The molecule has 0 N–H and O–H groups in total. The smallest absolute Gasteiger partial charge is 0.310 e. The van der Waals surface area contributed by atoms with Crippen LogP contribution in [0.25, 0.3) is 0 Å². The second-order valence-electron chi connectivity index (χ2n) is 5.75. The summed E-state index contributed by atoms with van der Waals surface area (Å²) in [7, 11) is -2.99. The molecule has 1 saturated heterocycles. The van der Waals surface area contributed by atoms with Gasteiger partial charge in [-0.25, -0.2) is 8.42 Å². The summed E-state index contributed by atoms with van der Waals surface area (Å²) in [6.07, 6.45) is 5.16. The molecule has 0 aromatic heterocycles. The molecular weight excluding hydrogens is 240 g/mol. The van der Waals surface area contributed by atoms with E-state index < -0.39 is 15.8 Å². The monoisotopic (exact) mass is 258 g/mol. The molecule has 4 atom stereocenters. The van der Waals surface area contributed by atoms with Crippen LogP contribution in [0, 0.1) is 17.8 Å². The lowest BCUT2D eigenvalue weighted by atomic mass is 9.97. The molecule has 0 amide bonds. The molecule has 1 heterocycles. The lowest BCUT2D eigenvalue weighted by Gasteiger charge is -2.23. The van der Waals surface area contributed by atoms with Crippen molar-refractivity contribution in [2.75, 3.05) is 11.5 Å². The van der Waals surface area contributed by atoms with Gasteiger partial charge in [-0.3, -0.25) is 4.79 Å². The maximum absolute atomic E-state index is 11.9. The molecule has 4 nitrogen and oxygen atoms in total. The van der Waals surface area contributed by atoms with Crippen LogP contribution < -0.4 is 0 Å². The van der Waals surface area contributed by atoms with Gasteiger partial charge in [0.2, 0.25) is 0 Å². The highest BCUT2D eigenvalue weighted by atomic mass is 32.2. The standard InChI is InChI=1S/C12H18O4S/c13-12(10-3-4-17(14,15)7-10)16-11-6-8-1-2-9(11)5-8/h8-11H,1-7H2/t8-,9-,10+,11-/m0/s1. The Balaban J connectivity index is 1.58. The fraction of sp³-hybridized carbons (Fsp3) is 0.917. The van der Waals surface area contributed by atoms with Gasteiger partial charge in [-0.1, -0.05) is 0 Å². The third kappa shape index (κ3) is 2.21. The van der Waals surface area contributed by atoms with Crippen LogP contribution in [0.1, 0.15) is 32.1 Å². The minimum absolute atomic E-state index is 0.00729. The van der Waals surface area contributed by atoms with Crippen LogP contribution in [-0.4, -0.2) is 32.0 Å². The van der Waals surface area contributed by atoms with Gasteiger partial charge < -0.3 is 4.74 Å². The van der Waals surface area contributed by atoms with Crippen molar-refractivity contribution in [1.82, 2.24) is 0 Å². The highest BCUT2D eigenvalue weighted by molar-refractivity contribution is 7.91. The number of hydrogen-bond acceptors (Lipinski definition) is 4. The predicted molar refractivity (Wildman–Crippen MR) is 62.1 cm³/mol. The summed E-state index contributed by atoms with van der Waals surface area (Å²) >= 11 is 0. The number of fused-ring (bicyclic) bond motifs is 2. The second-order valence-corrected chi connectivity index (χ2v) is 7.98. The van der Waals surface area contributed by atoms with Crippen LogP contribution in [0.2, 0.25) is 0 Å². The van der Waals surface area contributed by atoms with E-state index in [4.69, 9.17) is 4.74 Å². The summed E-state index contributed by atoms with van der Waals surface area (Å²) in [4.78, 5) is 11.9. The average Bonchev–Trinajstić information content (AvgIpc) is 2.92. The van der Waals surface area contributed by atoms with Crippen molar-refractivity contribution >= 4 is 15.8 Å². The maximum Gasteiger partial charge on any atom is 0.310 e. The lowest BCUT2D eigenvalue weighted by molar-refractivity contribution is -0.155. The van der Waals surface area contributed by atoms with E-state index in [-0.39, 0.29) is 23.6 Å². The van der Waals surface area contributed by atoms with Crippen LogP contribution in [0.5, 0.6) is 0 Å². The number of rotatable bonds is 2. The minimum atomic E-state index is -2.99.